The molecule has 2 N–H and O–H groups in total. The largest absolute Gasteiger partial charge is 0.497 e. The van der Waals surface area contributed by atoms with Gasteiger partial charge >= 0.3 is 13.1 Å². The molecule has 1 aliphatic heterocycles. The Hall–Kier alpha value is -1.67. The van der Waals surface area contributed by atoms with E-state index in [2.05, 4.69) is 31.4 Å². The quantitative estimate of drug-likeness (QED) is 0.779. The van der Waals surface area contributed by atoms with Crippen molar-refractivity contribution in [2.75, 3.05) is 11.9 Å². The van der Waals surface area contributed by atoms with E-state index in [1.165, 1.54) is 6.07 Å². The first-order chi connectivity index (χ1) is 12.2. The first-order valence-corrected chi connectivity index (χ1v) is 9.11. The van der Waals surface area contributed by atoms with Gasteiger partial charge in [0.25, 0.3) is 0 Å². The fourth-order valence-electron chi connectivity index (χ4n) is 2.53. The van der Waals surface area contributed by atoms with Gasteiger partial charge in [0.15, 0.2) is 0 Å². The number of halogens is 2. The van der Waals surface area contributed by atoms with Gasteiger partial charge in [0.05, 0.1) is 16.9 Å². The average Bonchev–Trinajstić information content (AvgIpc) is 2.68. The molecule has 0 saturated carbocycles. The first kappa shape index (κ1) is 21.6. The van der Waals surface area contributed by atoms with E-state index < -0.39 is 36.0 Å². The highest BCUT2D eigenvalue weighted by Crippen LogP contribution is 2.36. The van der Waals surface area contributed by atoms with E-state index in [0.29, 0.717) is 6.54 Å². The van der Waals surface area contributed by atoms with Gasteiger partial charge in [-0.15, -0.1) is 0 Å². The van der Waals surface area contributed by atoms with Gasteiger partial charge in [0, 0.05) is 18.1 Å². The summed E-state index contributed by atoms with van der Waals surface area (Å²) in [6, 6.07) is 1.39. The van der Waals surface area contributed by atoms with Crippen LogP contribution in [0.25, 0.3) is 0 Å². The minimum atomic E-state index is -0.986. The number of amides is 2. The highest BCUT2D eigenvalue weighted by Gasteiger charge is 2.52. The van der Waals surface area contributed by atoms with Crippen LogP contribution >= 0.6 is 0 Å². The summed E-state index contributed by atoms with van der Waals surface area (Å²) in [7, 11) is -0.986. The normalized spacial score (nSPS) is 18.5. The Kier molecular flexibility index (Phi) is 5.92. The van der Waals surface area contributed by atoms with Crippen LogP contribution in [0.4, 0.5) is 19.3 Å². The summed E-state index contributed by atoms with van der Waals surface area (Å²) >= 11 is 0. The maximum Gasteiger partial charge on any atom is 0.497 e. The molecule has 27 heavy (non-hydrogen) atoms. The van der Waals surface area contributed by atoms with Crippen molar-refractivity contribution in [1.29, 1.82) is 0 Å². The summed E-state index contributed by atoms with van der Waals surface area (Å²) in [4.78, 5) is 12.0. The lowest BCUT2D eigenvalue weighted by molar-refractivity contribution is 0.00578. The maximum atomic E-state index is 14.3. The van der Waals surface area contributed by atoms with Gasteiger partial charge in [-0.1, -0.05) is 20.8 Å². The van der Waals surface area contributed by atoms with Gasteiger partial charge in [-0.25, -0.2) is 13.6 Å². The number of benzene rings is 1. The Bertz CT molecular complexity index is 702. The van der Waals surface area contributed by atoms with Crippen molar-refractivity contribution in [3.05, 3.63) is 23.8 Å². The number of anilines is 1. The van der Waals surface area contributed by atoms with Gasteiger partial charge in [-0.2, -0.15) is 0 Å². The summed E-state index contributed by atoms with van der Waals surface area (Å²) < 4.78 is 40.1. The monoisotopic (exact) mass is 382 g/mol. The molecule has 0 atom stereocenters. The van der Waals surface area contributed by atoms with Crippen LogP contribution in [0.1, 0.15) is 54.9 Å². The zero-order valence-corrected chi connectivity index (χ0v) is 17.1. The summed E-state index contributed by atoms with van der Waals surface area (Å²) in [5.41, 5.74) is -1.33. The molecule has 5 nitrogen and oxygen atoms in total. The number of urea groups is 1. The predicted octanol–water partition coefficient (Wildman–Crippen LogP) is 3.82. The number of nitrogens with one attached hydrogen (secondary N) is 2. The van der Waals surface area contributed by atoms with Crippen LogP contribution in [0, 0.1) is 17.0 Å². The van der Waals surface area contributed by atoms with E-state index in [-0.39, 0.29) is 16.6 Å². The Labute approximate surface area is 160 Å². The van der Waals surface area contributed by atoms with E-state index in [1.807, 2.05) is 27.7 Å². The van der Waals surface area contributed by atoms with E-state index in [0.717, 1.165) is 12.5 Å². The number of hydrogen-bond donors (Lipinski definition) is 2. The summed E-state index contributed by atoms with van der Waals surface area (Å²) in [5.74, 6) is -1.65. The fraction of sp³-hybridized carbons (Fsp3) is 0.632. The standard InChI is InChI=1S/C19H29BF2N2O3/c1-17(2,3)8-9-23-16(25)24-15-10-12(13(21)11-14(15)22)20-26-18(4,5)19(6,7)27-20/h10-11H,8-9H2,1-7H3,(H2,23,24,25). The third-order valence-corrected chi connectivity index (χ3v) is 5.00. The number of rotatable bonds is 4. The predicted molar refractivity (Wildman–Crippen MR) is 103 cm³/mol. The van der Waals surface area contributed by atoms with Gasteiger partial charge in [-0.05, 0) is 45.6 Å². The smallest absolute Gasteiger partial charge is 0.399 e. The molecule has 0 aromatic heterocycles. The summed E-state index contributed by atoms with van der Waals surface area (Å²) in [5, 5.41) is 5.10. The van der Waals surface area contributed by atoms with Gasteiger partial charge in [-0.3, -0.25) is 0 Å². The molecule has 150 valence electrons. The first-order valence-electron chi connectivity index (χ1n) is 9.11. The van der Waals surface area contributed by atoms with E-state index in [9.17, 15) is 13.6 Å². The Morgan fingerprint density at radius 1 is 1.07 bits per heavy atom. The van der Waals surface area contributed by atoms with Gasteiger partial charge in [0.1, 0.15) is 11.6 Å². The topological polar surface area (TPSA) is 59.6 Å². The van der Waals surface area contributed by atoms with E-state index in [1.54, 1.807) is 0 Å². The van der Waals surface area contributed by atoms with Crippen LogP contribution in [0.15, 0.2) is 12.1 Å². The molecule has 1 aromatic carbocycles. The second kappa shape index (κ2) is 7.39. The van der Waals surface area contributed by atoms with Crippen LogP contribution in [0.3, 0.4) is 0 Å². The third kappa shape index (κ3) is 5.20. The number of carbonyl (C=O) groups is 1. The van der Waals surface area contributed by atoms with E-state index in [4.69, 9.17) is 9.31 Å². The lowest BCUT2D eigenvalue weighted by atomic mass is 9.78. The van der Waals surface area contributed by atoms with Gasteiger partial charge < -0.3 is 19.9 Å². The number of carbonyl (C=O) groups excluding carboxylic acids is 1. The van der Waals surface area contributed by atoms with Crippen LogP contribution in [-0.2, 0) is 9.31 Å². The molecule has 1 aliphatic rings. The molecular formula is C19H29BF2N2O3. The molecule has 8 heteroatoms. The SMILES string of the molecule is CC(C)(C)CCNC(=O)Nc1cc(B2OC(C)(C)C(C)(C)O2)c(F)cc1F. The van der Waals surface area contributed by atoms with Crippen LogP contribution in [0.2, 0.25) is 0 Å². The van der Waals surface area contributed by atoms with Crippen molar-refractivity contribution in [1.82, 2.24) is 5.32 Å². The minimum absolute atomic E-state index is 0.0417. The average molecular weight is 382 g/mol. The third-order valence-electron chi connectivity index (χ3n) is 5.00. The Morgan fingerprint density at radius 3 is 2.15 bits per heavy atom. The molecule has 0 unspecified atom stereocenters. The maximum absolute atomic E-state index is 14.3. The van der Waals surface area contributed by atoms with Crippen molar-refractivity contribution in [2.45, 2.75) is 66.1 Å². The fourth-order valence-corrected chi connectivity index (χ4v) is 2.53. The van der Waals surface area contributed by atoms with Crippen LogP contribution in [0.5, 0.6) is 0 Å². The molecule has 0 spiro atoms. The summed E-state index contributed by atoms with van der Waals surface area (Å²) in [6.45, 7) is 14.0. The molecule has 1 aromatic rings. The van der Waals surface area contributed by atoms with Crippen molar-refractivity contribution < 1.29 is 22.9 Å². The lowest BCUT2D eigenvalue weighted by Gasteiger charge is -2.32. The second-order valence-corrected chi connectivity index (χ2v) is 9.13. The Balaban J connectivity index is 2.13. The van der Waals surface area contributed by atoms with Crippen LogP contribution < -0.4 is 16.1 Å². The van der Waals surface area contributed by atoms with Crippen molar-refractivity contribution in [3.8, 4) is 0 Å². The Morgan fingerprint density at radius 2 is 1.63 bits per heavy atom. The molecule has 0 aliphatic carbocycles. The number of hydrogen-bond acceptors (Lipinski definition) is 3. The molecule has 1 heterocycles. The highest BCUT2D eigenvalue weighted by atomic mass is 19.1. The van der Waals surface area contributed by atoms with Crippen molar-refractivity contribution in [3.63, 3.8) is 0 Å². The van der Waals surface area contributed by atoms with Crippen molar-refractivity contribution in [2.24, 2.45) is 5.41 Å². The molecule has 0 radical (unpaired) electrons. The van der Waals surface area contributed by atoms with Crippen LogP contribution in [-0.4, -0.2) is 30.9 Å². The minimum Gasteiger partial charge on any atom is -0.399 e. The molecule has 2 amide bonds. The molecule has 0 bridgehead atoms. The molecular weight excluding hydrogens is 353 g/mol. The molecule has 1 saturated heterocycles. The highest BCUT2D eigenvalue weighted by molar-refractivity contribution is 6.62. The molecule has 2 rings (SSSR count). The molecule has 1 fully saturated rings. The van der Waals surface area contributed by atoms with Gasteiger partial charge in [0.2, 0.25) is 0 Å². The second-order valence-electron chi connectivity index (χ2n) is 9.13. The van der Waals surface area contributed by atoms with E-state index >= 15 is 0 Å². The summed E-state index contributed by atoms with van der Waals surface area (Å²) in [6.07, 6.45) is 0.769. The zero-order valence-electron chi connectivity index (χ0n) is 17.1. The lowest BCUT2D eigenvalue weighted by Crippen LogP contribution is -2.41. The van der Waals surface area contributed by atoms with Crippen molar-refractivity contribution >= 4 is 24.3 Å². The zero-order chi connectivity index (χ0) is 20.6.